The van der Waals surface area contributed by atoms with Gasteiger partial charge in [-0.1, -0.05) is 26.3 Å². The van der Waals surface area contributed by atoms with Crippen LogP contribution in [0, 0.1) is 5.92 Å². The Bertz CT molecular complexity index is 910. The highest BCUT2D eigenvalue weighted by molar-refractivity contribution is 5.98. The molecule has 1 aromatic heterocycles. The van der Waals surface area contributed by atoms with Crippen LogP contribution in [0.4, 0.5) is 0 Å². The third-order valence-corrected chi connectivity index (χ3v) is 4.57. The van der Waals surface area contributed by atoms with Crippen molar-refractivity contribution in [2.45, 2.75) is 26.3 Å². The van der Waals surface area contributed by atoms with Gasteiger partial charge in [0.05, 0.1) is 19.8 Å². The topological polar surface area (TPSA) is 140 Å². The molecule has 0 bridgehead atoms. The van der Waals surface area contributed by atoms with Gasteiger partial charge in [0.15, 0.2) is 17.2 Å². The molecule has 0 aliphatic carbocycles. The van der Waals surface area contributed by atoms with E-state index in [1.807, 2.05) is 13.8 Å². The fourth-order valence-corrected chi connectivity index (χ4v) is 2.75. The summed E-state index contributed by atoms with van der Waals surface area (Å²) in [5.41, 5.74) is 0.198. The highest BCUT2D eigenvalue weighted by atomic mass is 16.5. The molecule has 2 aromatic rings. The number of carbonyl (C=O) groups is 3. The van der Waals surface area contributed by atoms with Gasteiger partial charge in [-0.15, -0.1) is 0 Å². The standard InChI is InChI=1S/C20H25N3O7/c1-5-11(2)16(20-22-13(10-30-20)19(27)21-9-15(24)25)23-18(26)12-7-6-8-14(28-3)17(12)29-4/h6-8,10-11,16H,5,9H2,1-4H3,(H,21,27)(H,23,26)(H,24,25)/t11-,16-/m0/s1. The quantitative estimate of drug-likeness (QED) is 0.531. The number of ether oxygens (including phenoxy) is 2. The van der Waals surface area contributed by atoms with Gasteiger partial charge in [0.25, 0.3) is 11.8 Å². The molecule has 2 rings (SSSR count). The highest BCUT2D eigenvalue weighted by Crippen LogP contribution is 2.32. The summed E-state index contributed by atoms with van der Waals surface area (Å²) in [6, 6.07) is 4.33. The number of aromatic nitrogens is 1. The second-order valence-corrected chi connectivity index (χ2v) is 6.53. The zero-order valence-corrected chi connectivity index (χ0v) is 17.2. The third-order valence-electron chi connectivity index (χ3n) is 4.57. The summed E-state index contributed by atoms with van der Waals surface area (Å²) in [7, 11) is 2.92. The number of benzene rings is 1. The molecule has 162 valence electrons. The van der Waals surface area contributed by atoms with E-state index in [-0.39, 0.29) is 23.1 Å². The largest absolute Gasteiger partial charge is 0.493 e. The summed E-state index contributed by atoms with van der Waals surface area (Å²) in [5, 5.41) is 13.8. The van der Waals surface area contributed by atoms with Gasteiger partial charge in [-0.05, 0) is 18.1 Å². The third kappa shape index (κ3) is 5.28. The normalized spacial score (nSPS) is 12.5. The van der Waals surface area contributed by atoms with Crippen molar-refractivity contribution >= 4 is 17.8 Å². The van der Waals surface area contributed by atoms with Gasteiger partial charge in [-0.3, -0.25) is 14.4 Å². The van der Waals surface area contributed by atoms with Gasteiger partial charge in [0, 0.05) is 0 Å². The first kappa shape index (κ1) is 22.7. The predicted octanol–water partition coefficient (Wildman–Crippen LogP) is 2.02. The van der Waals surface area contributed by atoms with E-state index in [0.29, 0.717) is 17.9 Å². The number of nitrogens with one attached hydrogen (secondary N) is 2. The van der Waals surface area contributed by atoms with Crippen LogP contribution in [0.25, 0.3) is 0 Å². The van der Waals surface area contributed by atoms with Gasteiger partial charge in [0.2, 0.25) is 5.89 Å². The Labute approximate surface area is 173 Å². The number of carboxylic acids is 1. The molecular weight excluding hydrogens is 394 g/mol. The lowest BCUT2D eigenvalue weighted by atomic mass is 9.98. The summed E-state index contributed by atoms with van der Waals surface area (Å²) in [4.78, 5) is 39.7. The van der Waals surface area contributed by atoms with Gasteiger partial charge in [-0.2, -0.15) is 0 Å². The lowest BCUT2D eigenvalue weighted by Crippen LogP contribution is -2.33. The number of carbonyl (C=O) groups excluding carboxylic acids is 2. The summed E-state index contributed by atoms with van der Waals surface area (Å²) in [6.07, 6.45) is 1.82. The number of para-hydroxylation sites is 1. The number of amides is 2. The molecule has 0 unspecified atom stereocenters. The Morgan fingerprint density at radius 2 is 1.93 bits per heavy atom. The summed E-state index contributed by atoms with van der Waals surface area (Å²) >= 11 is 0. The first-order valence-electron chi connectivity index (χ1n) is 9.29. The Kier molecular flexibility index (Phi) is 7.79. The number of hydrogen-bond donors (Lipinski definition) is 3. The van der Waals surface area contributed by atoms with E-state index in [9.17, 15) is 14.4 Å². The first-order chi connectivity index (χ1) is 14.3. The zero-order chi connectivity index (χ0) is 22.3. The van der Waals surface area contributed by atoms with Crippen molar-refractivity contribution < 1.29 is 33.4 Å². The minimum Gasteiger partial charge on any atom is -0.493 e. The number of nitrogens with zero attached hydrogens (tertiary/aromatic N) is 1. The average Bonchev–Trinajstić information content (AvgIpc) is 3.24. The number of hydrogen-bond acceptors (Lipinski definition) is 7. The number of aliphatic carboxylic acids is 1. The van der Waals surface area contributed by atoms with E-state index < -0.39 is 30.4 Å². The van der Waals surface area contributed by atoms with Crippen LogP contribution >= 0.6 is 0 Å². The lowest BCUT2D eigenvalue weighted by Gasteiger charge is -2.22. The molecule has 0 radical (unpaired) electrons. The molecule has 0 aliphatic heterocycles. The molecule has 30 heavy (non-hydrogen) atoms. The monoisotopic (exact) mass is 419 g/mol. The van der Waals surface area contributed by atoms with Gasteiger partial charge < -0.3 is 29.6 Å². The lowest BCUT2D eigenvalue weighted by molar-refractivity contribution is -0.135. The van der Waals surface area contributed by atoms with E-state index >= 15 is 0 Å². The van der Waals surface area contributed by atoms with Crippen LogP contribution in [0.2, 0.25) is 0 Å². The minimum absolute atomic E-state index is 0.0702. The maximum Gasteiger partial charge on any atom is 0.322 e. The van der Waals surface area contributed by atoms with E-state index in [1.165, 1.54) is 14.2 Å². The SMILES string of the molecule is CC[C@H](C)[C@H](NC(=O)c1cccc(OC)c1OC)c1nc(C(=O)NCC(=O)O)co1. The van der Waals surface area contributed by atoms with Crippen molar-refractivity contribution in [3.8, 4) is 11.5 Å². The Morgan fingerprint density at radius 1 is 1.20 bits per heavy atom. The molecular formula is C20H25N3O7. The van der Waals surface area contributed by atoms with Crippen LogP contribution in [-0.2, 0) is 4.79 Å². The van der Waals surface area contributed by atoms with Crippen molar-refractivity contribution in [1.29, 1.82) is 0 Å². The van der Waals surface area contributed by atoms with E-state index in [1.54, 1.807) is 18.2 Å². The number of oxazole rings is 1. The molecule has 2 amide bonds. The zero-order valence-electron chi connectivity index (χ0n) is 17.2. The molecule has 1 heterocycles. The Balaban J connectivity index is 2.27. The second-order valence-electron chi connectivity index (χ2n) is 6.53. The van der Waals surface area contributed by atoms with Crippen molar-refractivity contribution in [2.75, 3.05) is 20.8 Å². The second kappa shape index (κ2) is 10.3. The summed E-state index contributed by atoms with van der Waals surface area (Å²) in [5.74, 6) is -1.51. The van der Waals surface area contributed by atoms with Crippen LogP contribution in [-0.4, -0.2) is 48.6 Å². The molecule has 0 saturated carbocycles. The molecule has 1 aromatic carbocycles. The molecule has 2 atom stereocenters. The molecule has 10 heteroatoms. The first-order valence-corrected chi connectivity index (χ1v) is 9.29. The molecule has 0 saturated heterocycles. The fourth-order valence-electron chi connectivity index (χ4n) is 2.75. The number of methoxy groups -OCH3 is 2. The maximum absolute atomic E-state index is 13.0. The molecule has 0 fully saturated rings. The smallest absolute Gasteiger partial charge is 0.322 e. The number of carboxylic acid groups (broad SMARTS) is 1. The molecule has 0 spiro atoms. The minimum atomic E-state index is -1.18. The predicted molar refractivity (Wildman–Crippen MR) is 106 cm³/mol. The van der Waals surface area contributed by atoms with Crippen molar-refractivity contribution in [2.24, 2.45) is 5.92 Å². The van der Waals surface area contributed by atoms with Crippen molar-refractivity contribution in [1.82, 2.24) is 15.6 Å². The number of rotatable bonds is 10. The van der Waals surface area contributed by atoms with Crippen molar-refractivity contribution in [3.63, 3.8) is 0 Å². The molecule has 0 aliphatic rings. The van der Waals surface area contributed by atoms with Crippen molar-refractivity contribution in [3.05, 3.63) is 41.6 Å². The average molecular weight is 419 g/mol. The van der Waals surface area contributed by atoms with Gasteiger partial charge in [0.1, 0.15) is 18.8 Å². The maximum atomic E-state index is 13.0. The summed E-state index contributed by atoms with van der Waals surface area (Å²) in [6.45, 7) is 3.31. The summed E-state index contributed by atoms with van der Waals surface area (Å²) < 4.78 is 16.0. The van der Waals surface area contributed by atoms with Crippen LogP contribution in [0.5, 0.6) is 11.5 Å². The van der Waals surface area contributed by atoms with Gasteiger partial charge >= 0.3 is 5.97 Å². The van der Waals surface area contributed by atoms with E-state index in [2.05, 4.69) is 15.6 Å². The van der Waals surface area contributed by atoms with Crippen LogP contribution in [0.3, 0.4) is 0 Å². The van der Waals surface area contributed by atoms with Crippen LogP contribution < -0.4 is 20.1 Å². The van der Waals surface area contributed by atoms with E-state index in [0.717, 1.165) is 6.26 Å². The molecule has 10 nitrogen and oxygen atoms in total. The van der Waals surface area contributed by atoms with Crippen LogP contribution in [0.15, 0.2) is 28.9 Å². The fraction of sp³-hybridized carbons (Fsp3) is 0.400. The Morgan fingerprint density at radius 3 is 2.53 bits per heavy atom. The Hall–Kier alpha value is -3.56. The molecule has 3 N–H and O–H groups in total. The van der Waals surface area contributed by atoms with Crippen LogP contribution in [0.1, 0.15) is 53.0 Å². The highest BCUT2D eigenvalue weighted by Gasteiger charge is 2.28. The van der Waals surface area contributed by atoms with Gasteiger partial charge in [-0.25, -0.2) is 4.98 Å². The van der Waals surface area contributed by atoms with E-state index in [4.69, 9.17) is 19.0 Å².